The first-order chi connectivity index (χ1) is 9.90. The van der Waals surface area contributed by atoms with Crippen LogP contribution in [0.2, 0.25) is 0 Å². The fourth-order valence-corrected chi connectivity index (χ4v) is 2.09. The lowest BCUT2D eigenvalue weighted by Gasteiger charge is -2.18. The summed E-state index contributed by atoms with van der Waals surface area (Å²) in [5.74, 6) is -1.79. The van der Waals surface area contributed by atoms with Crippen molar-refractivity contribution in [2.75, 3.05) is 5.32 Å². The zero-order valence-corrected chi connectivity index (χ0v) is 11.6. The SMILES string of the molecule is Cc1cc([N+](=O)[O-])ccc1NC(C)c1cccc(F)c1F. The van der Waals surface area contributed by atoms with E-state index in [4.69, 9.17) is 0 Å². The molecule has 0 aliphatic carbocycles. The van der Waals surface area contributed by atoms with E-state index in [0.29, 0.717) is 11.3 Å². The first kappa shape index (κ1) is 14.9. The molecule has 2 rings (SSSR count). The van der Waals surface area contributed by atoms with Crippen molar-refractivity contribution >= 4 is 11.4 Å². The molecule has 0 saturated carbocycles. The lowest BCUT2D eigenvalue weighted by atomic mass is 10.1. The van der Waals surface area contributed by atoms with Gasteiger partial charge in [0.25, 0.3) is 5.69 Å². The van der Waals surface area contributed by atoms with Gasteiger partial charge in [-0.3, -0.25) is 10.1 Å². The Hall–Kier alpha value is -2.50. The van der Waals surface area contributed by atoms with E-state index in [0.717, 1.165) is 6.07 Å². The van der Waals surface area contributed by atoms with Crippen molar-refractivity contribution in [1.82, 2.24) is 0 Å². The average molecular weight is 292 g/mol. The van der Waals surface area contributed by atoms with Gasteiger partial charge in [0.05, 0.1) is 11.0 Å². The lowest BCUT2D eigenvalue weighted by Crippen LogP contribution is -2.10. The van der Waals surface area contributed by atoms with Gasteiger partial charge in [0, 0.05) is 23.4 Å². The molecule has 2 aromatic rings. The molecule has 0 saturated heterocycles. The number of hydrogen-bond acceptors (Lipinski definition) is 3. The first-order valence-electron chi connectivity index (χ1n) is 6.35. The Kier molecular flexibility index (Phi) is 4.16. The van der Waals surface area contributed by atoms with Crippen LogP contribution in [0.4, 0.5) is 20.2 Å². The molecule has 0 bridgehead atoms. The smallest absolute Gasteiger partial charge is 0.269 e. The van der Waals surface area contributed by atoms with Crippen LogP contribution in [0.5, 0.6) is 0 Å². The van der Waals surface area contributed by atoms with Crippen LogP contribution >= 0.6 is 0 Å². The van der Waals surface area contributed by atoms with Gasteiger partial charge < -0.3 is 5.32 Å². The highest BCUT2D eigenvalue weighted by Gasteiger charge is 2.15. The second kappa shape index (κ2) is 5.87. The molecule has 21 heavy (non-hydrogen) atoms. The third-order valence-electron chi connectivity index (χ3n) is 3.24. The summed E-state index contributed by atoms with van der Waals surface area (Å²) in [5, 5.41) is 13.7. The minimum atomic E-state index is -0.901. The number of nitrogens with zero attached hydrogens (tertiary/aromatic N) is 1. The maximum absolute atomic E-state index is 13.7. The van der Waals surface area contributed by atoms with Crippen LogP contribution in [0.3, 0.4) is 0 Å². The van der Waals surface area contributed by atoms with Crippen molar-refractivity contribution in [1.29, 1.82) is 0 Å². The Labute approximate surface area is 120 Å². The summed E-state index contributed by atoms with van der Waals surface area (Å²) in [4.78, 5) is 10.2. The van der Waals surface area contributed by atoms with E-state index in [2.05, 4.69) is 5.32 Å². The van der Waals surface area contributed by atoms with E-state index in [1.54, 1.807) is 19.9 Å². The number of benzene rings is 2. The topological polar surface area (TPSA) is 55.2 Å². The molecule has 0 spiro atoms. The zero-order chi connectivity index (χ0) is 15.6. The molecule has 6 heteroatoms. The minimum absolute atomic E-state index is 0.0114. The van der Waals surface area contributed by atoms with Crippen molar-refractivity contribution < 1.29 is 13.7 Å². The van der Waals surface area contributed by atoms with Gasteiger partial charge in [-0.25, -0.2) is 8.78 Å². The highest BCUT2D eigenvalue weighted by atomic mass is 19.2. The molecule has 110 valence electrons. The number of nitro groups is 1. The first-order valence-corrected chi connectivity index (χ1v) is 6.35. The van der Waals surface area contributed by atoms with Crippen LogP contribution in [0.25, 0.3) is 0 Å². The molecule has 0 aliphatic rings. The normalized spacial score (nSPS) is 12.0. The second-order valence-corrected chi connectivity index (χ2v) is 4.77. The number of halogens is 2. The number of hydrogen-bond donors (Lipinski definition) is 1. The number of nitro benzene ring substituents is 1. The monoisotopic (exact) mass is 292 g/mol. The Balaban J connectivity index is 2.25. The maximum atomic E-state index is 13.7. The fourth-order valence-electron chi connectivity index (χ4n) is 2.09. The Morgan fingerprint density at radius 1 is 1.24 bits per heavy atom. The summed E-state index contributed by atoms with van der Waals surface area (Å²) in [5.41, 5.74) is 1.49. The minimum Gasteiger partial charge on any atom is -0.378 e. The molecule has 0 amide bonds. The third kappa shape index (κ3) is 3.16. The van der Waals surface area contributed by atoms with E-state index in [-0.39, 0.29) is 11.3 Å². The van der Waals surface area contributed by atoms with Crippen LogP contribution in [0.1, 0.15) is 24.1 Å². The van der Waals surface area contributed by atoms with Gasteiger partial charge in [-0.05, 0) is 31.5 Å². The van der Waals surface area contributed by atoms with E-state index in [1.165, 1.54) is 24.3 Å². The predicted octanol–water partition coefficient (Wildman–Crippen LogP) is 4.35. The number of aryl methyl sites for hydroxylation is 1. The highest BCUT2D eigenvalue weighted by molar-refractivity contribution is 5.56. The number of non-ortho nitro benzene ring substituents is 1. The summed E-state index contributed by atoms with van der Waals surface area (Å²) in [7, 11) is 0. The molecule has 0 fully saturated rings. The van der Waals surface area contributed by atoms with Gasteiger partial charge in [-0.15, -0.1) is 0 Å². The largest absolute Gasteiger partial charge is 0.378 e. The summed E-state index contributed by atoms with van der Waals surface area (Å²) < 4.78 is 26.9. The fraction of sp³-hybridized carbons (Fsp3) is 0.200. The predicted molar refractivity (Wildman–Crippen MR) is 76.2 cm³/mol. The molecule has 1 unspecified atom stereocenters. The second-order valence-electron chi connectivity index (χ2n) is 4.77. The summed E-state index contributed by atoms with van der Waals surface area (Å²) in [6, 6.07) is 7.87. The Morgan fingerprint density at radius 3 is 2.57 bits per heavy atom. The molecular formula is C15H14F2N2O2. The van der Waals surface area contributed by atoms with Crippen molar-refractivity contribution in [2.45, 2.75) is 19.9 Å². The van der Waals surface area contributed by atoms with E-state index < -0.39 is 22.6 Å². The summed E-state index contributed by atoms with van der Waals surface area (Å²) >= 11 is 0. The van der Waals surface area contributed by atoms with Gasteiger partial charge in [0.15, 0.2) is 11.6 Å². The molecule has 0 aromatic heterocycles. The number of anilines is 1. The molecule has 2 aromatic carbocycles. The highest BCUT2D eigenvalue weighted by Crippen LogP contribution is 2.27. The van der Waals surface area contributed by atoms with E-state index >= 15 is 0 Å². The summed E-state index contributed by atoms with van der Waals surface area (Å²) in [6.07, 6.45) is 0. The average Bonchev–Trinajstić information content (AvgIpc) is 2.43. The molecule has 0 radical (unpaired) electrons. The Bertz CT molecular complexity index is 689. The van der Waals surface area contributed by atoms with Crippen molar-refractivity contribution in [3.63, 3.8) is 0 Å². The van der Waals surface area contributed by atoms with Crippen LogP contribution in [-0.2, 0) is 0 Å². The van der Waals surface area contributed by atoms with Crippen LogP contribution < -0.4 is 5.32 Å². The molecule has 1 atom stereocenters. The Morgan fingerprint density at radius 2 is 1.95 bits per heavy atom. The van der Waals surface area contributed by atoms with Crippen LogP contribution in [-0.4, -0.2) is 4.92 Å². The van der Waals surface area contributed by atoms with Gasteiger partial charge in [-0.2, -0.15) is 0 Å². The number of rotatable bonds is 4. The molecule has 4 nitrogen and oxygen atoms in total. The van der Waals surface area contributed by atoms with Gasteiger partial charge >= 0.3 is 0 Å². The van der Waals surface area contributed by atoms with Crippen molar-refractivity contribution in [2.24, 2.45) is 0 Å². The third-order valence-corrected chi connectivity index (χ3v) is 3.24. The van der Waals surface area contributed by atoms with Gasteiger partial charge in [-0.1, -0.05) is 12.1 Å². The van der Waals surface area contributed by atoms with E-state index in [1.807, 2.05) is 0 Å². The maximum Gasteiger partial charge on any atom is 0.269 e. The van der Waals surface area contributed by atoms with Gasteiger partial charge in [0.1, 0.15) is 0 Å². The number of nitrogens with one attached hydrogen (secondary N) is 1. The summed E-state index contributed by atoms with van der Waals surface area (Å²) in [6.45, 7) is 3.41. The van der Waals surface area contributed by atoms with Crippen LogP contribution in [0, 0.1) is 28.7 Å². The quantitative estimate of drug-likeness (QED) is 0.673. The van der Waals surface area contributed by atoms with E-state index in [9.17, 15) is 18.9 Å². The van der Waals surface area contributed by atoms with Crippen molar-refractivity contribution in [3.8, 4) is 0 Å². The lowest BCUT2D eigenvalue weighted by molar-refractivity contribution is -0.384. The molecule has 0 aliphatic heterocycles. The van der Waals surface area contributed by atoms with Crippen LogP contribution in [0.15, 0.2) is 36.4 Å². The van der Waals surface area contributed by atoms with Crippen molar-refractivity contribution in [3.05, 3.63) is 69.3 Å². The van der Waals surface area contributed by atoms with Gasteiger partial charge in [0.2, 0.25) is 0 Å². The standard InChI is InChI=1S/C15H14F2N2O2/c1-9-8-11(19(20)21)6-7-14(9)18-10(2)12-4-3-5-13(16)15(12)17/h3-8,10,18H,1-2H3. The molecular weight excluding hydrogens is 278 g/mol. The molecule has 1 N–H and O–H groups in total. The zero-order valence-electron chi connectivity index (χ0n) is 11.6. The molecule has 0 heterocycles.